The molecule has 1 aliphatic carbocycles. The Hall–Kier alpha value is -4.79. The average Bonchev–Trinajstić information content (AvgIpc) is 3.52. The number of hydrogen-bond donors (Lipinski definition) is 2. The zero-order valence-corrected chi connectivity index (χ0v) is 29.5. The molecule has 0 spiro atoms. The molecular weight excluding hydrogens is 647 g/mol. The van der Waals surface area contributed by atoms with Crippen molar-refractivity contribution in [2.45, 2.75) is 64.7 Å². The molecule has 2 unspecified atom stereocenters. The van der Waals surface area contributed by atoms with Gasteiger partial charge >= 0.3 is 0 Å². The van der Waals surface area contributed by atoms with Gasteiger partial charge in [-0.05, 0) is 102 Å². The van der Waals surface area contributed by atoms with Crippen LogP contribution >= 0.6 is 0 Å². The van der Waals surface area contributed by atoms with E-state index in [-0.39, 0.29) is 35.9 Å². The Morgan fingerprint density at radius 1 is 0.960 bits per heavy atom. The predicted molar refractivity (Wildman–Crippen MR) is 200 cm³/mol. The quantitative estimate of drug-likeness (QED) is 0.105. The highest BCUT2D eigenvalue weighted by Crippen LogP contribution is 2.43. The van der Waals surface area contributed by atoms with Gasteiger partial charge in [0, 0.05) is 28.6 Å². The van der Waals surface area contributed by atoms with Gasteiger partial charge in [-0.3, -0.25) is 14.1 Å². The summed E-state index contributed by atoms with van der Waals surface area (Å²) in [5.74, 6) is -0.567. The standard InChI is InChI=1S/C42H43NO6S/c1-42(2,3)24-23-28-13-15-30(16-14-28)40(36-10-6-9-31-26-32(19-22-35(31)36)37(44)11-7-25-50(46,47)48)41(45)43-34-20-17-29(18-21-34)39-27-33-8-4-5-12-38(33)49-39/h4-5,8,12-24,26-27,36,40H,6-7,9-11,25H2,1-3H3,(H,43,45)(H,46,47,48)/b24-23+. The van der Waals surface area contributed by atoms with E-state index >= 15 is 0 Å². The van der Waals surface area contributed by atoms with E-state index in [1.54, 1.807) is 6.07 Å². The van der Waals surface area contributed by atoms with Gasteiger partial charge in [-0.2, -0.15) is 8.42 Å². The van der Waals surface area contributed by atoms with Gasteiger partial charge in [-0.1, -0.05) is 87.5 Å². The molecule has 0 saturated carbocycles. The minimum atomic E-state index is -4.12. The van der Waals surface area contributed by atoms with E-state index < -0.39 is 21.8 Å². The third-order valence-corrected chi connectivity index (χ3v) is 10.1. The first kappa shape index (κ1) is 35.1. The summed E-state index contributed by atoms with van der Waals surface area (Å²) in [6.07, 6.45) is 6.81. The molecule has 7 nitrogen and oxygen atoms in total. The zero-order valence-electron chi connectivity index (χ0n) is 28.7. The topological polar surface area (TPSA) is 114 Å². The predicted octanol–water partition coefficient (Wildman–Crippen LogP) is 9.85. The van der Waals surface area contributed by atoms with E-state index in [0.29, 0.717) is 11.3 Å². The van der Waals surface area contributed by atoms with Crippen molar-refractivity contribution in [1.29, 1.82) is 0 Å². The second-order valence-electron chi connectivity index (χ2n) is 14.3. The summed E-state index contributed by atoms with van der Waals surface area (Å²) in [6.45, 7) is 6.46. The van der Waals surface area contributed by atoms with Crippen LogP contribution < -0.4 is 5.32 Å². The molecule has 5 aromatic rings. The molecule has 2 atom stereocenters. The second-order valence-corrected chi connectivity index (χ2v) is 15.9. The summed E-state index contributed by atoms with van der Waals surface area (Å²) in [7, 11) is -4.12. The fraction of sp³-hybridized carbons (Fsp3) is 0.286. The van der Waals surface area contributed by atoms with E-state index in [4.69, 9.17) is 8.97 Å². The fourth-order valence-corrected chi connectivity index (χ4v) is 7.23. The Morgan fingerprint density at radius 2 is 1.70 bits per heavy atom. The number of allylic oxidation sites excluding steroid dienone is 1. The largest absolute Gasteiger partial charge is 0.456 e. The number of para-hydroxylation sites is 1. The van der Waals surface area contributed by atoms with Crippen molar-refractivity contribution in [2.75, 3.05) is 11.1 Å². The number of Topliss-reactive ketones (excluding diaryl/α,β-unsaturated/α-hetero) is 1. The number of rotatable bonds is 11. The minimum absolute atomic E-state index is 0.0260. The number of carbonyl (C=O) groups is 2. The molecule has 0 fully saturated rings. The third kappa shape index (κ3) is 8.67. The fourth-order valence-electron chi connectivity index (χ4n) is 6.72. The van der Waals surface area contributed by atoms with Crippen LogP contribution in [0.4, 0.5) is 5.69 Å². The molecule has 1 amide bonds. The van der Waals surface area contributed by atoms with Crippen molar-refractivity contribution in [3.63, 3.8) is 0 Å². The van der Waals surface area contributed by atoms with Crippen molar-refractivity contribution in [3.8, 4) is 11.3 Å². The van der Waals surface area contributed by atoms with Gasteiger partial charge in [-0.25, -0.2) is 0 Å². The molecule has 1 aliphatic rings. The van der Waals surface area contributed by atoms with Gasteiger partial charge in [0.05, 0.1) is 11.7 Å². The molecule has 258 valence electrons. The molecule has 8 heteroatoms. The molecule has 4 aromatic carbocycles. The Bertz CT molecular complexity index is 2100. The molecule has 0 aliphatic heterocycles. The number of anilines is 1. The number of benzene rings is 4. The molecule has 1 heterocycles. The number of amides is 1. The zero-order chi connectivity index (χ0) is 35.5. The number of ketones is 1. The van der Waals surface area contributed by atoms with Crippen molar-refractivity contribution in [2.24, 2.45) is 5.41 Å². The van der Waals surface area contributed by atoms with Gasteiger partial charge in [0.1, 0.15) is 11.3 Å². The minimum Gasteiger partial charge on any atom is -0.456 e. The lowest BCUT2D eigenvalue weighted by atomic mass is 9.72. The molecule has 1 aromatic heterocycles. The molecule has 0 saturated heterocycles. The monoisotopic (exact) mass is 689 g/mol. The maximum Gasteiger partial charge on any atom is 0.264 e. The lowest BCUT2D eigenvalue weighted by molar-refractivity contribution is -0.118. The summed E-state index contributed by atoms with van der Waals surface area (Å²) in [5.41, 5.74) is 7.03. The van der Waals surface area contributed by atoms with Gasteiger partial charge in [0.25, 0.3) is 10.1 Å². The first-order chi connectivity index (χ1) is 23.8. The molecule has 0 bridgehead atoms. The SMILES string of the molecule is CC(C)(C)/C=C/c1ccc(C(C(=O)Nc2ccc(-c3cc4ccccc4o3)cc2)C2CCCc3cc(C(=O)CCCS(=O)(=O)O)ccc32)cc1. The molecule has 2 N–H and O–H groups in total. The third-order valence-electron chi connectivity index (χ3n) is 9.25. The van der Waals surface area contributed by atoms with Crippen molar-refractivity contribution < 1.29 is 27.0 Å². The van der Waals surface area contributed by atoms with Gasteiger partial charge in [0.2, 0.25) is 5.91 Å². The van der Waals surface area contributed by atoms with E-state index in [9.17, 15) is 18.0 Å². The van der Waals surface area contributed by atoms with Crippen LogP contribution in [0.2, 0.25) is 0 Å². The van der Waals surface area contributed by atoms with Crippen LogP contribution in [-0.4, -0.2) is 30.4 Å². The van der Waals surface area contributed by atoms with Crippen LogP contribution in [0.1, 0.15) is 90.9 Å². The Morgan fingerprint density at radius 3 is 2.40 bits per heavy atom. The summed E-state index contributed by atoms with van der Waals surface area (Å²) in [5, 5.41) is 4.22. The van der Waals surface area contributed by atoms with E-state index in [1.807, 2.05) is 78.9 Å². The lowest BCUT2D eigenvalue weighted by Crippen LogP contribution is -2.29. The summed E-state index contributed by atoms with van der Waals surface area (Å²) in [4.78, 5) is 27.3. The number of hydrogen-bond acceptors (Lipinski definition) is 5. The number of aryl methyl sites for hydroxylation is 1. The number of nitrogens with one attached hydrogen (secondary N) is 1. The number of furan rings is 1. The van der Waals surface area contributed by atoms with Crippen molar-refractivity contribution in [1.82, 2.24) is 0 Å². The van der Waals surface area contributed by atoms with Crippen LogP contribution in [0.3, 0.4) is 0 Å². The highest BCUT2D eigenvalue weighted by Gasteiger charge is 2.34. The summed E-state index contributed by atoms with van der Waals surface area (Å²) in [6, 6.07) is 31.4. The lowest BCUT2D eigenvalue weighted by Gasteiger charge is -2.32. The Balaban J connectivity index is 1.27. The van der Waals surface area contributed by atoms with Gasteiger partial charge < -0.3 is 9.73 Å². The summed E-state index contributed by atoms with van der Waals surface area (Å²) >= 11 is 0. The van der Waals surface area contributed by atoms with E-state index in [1.165, 1.54) is 0 Å². The summed E-state index contributed by atoms with van der Waals surface area (Å²) < 4.78 is 37.3. The maximum atomic E-state index is 14.3. The van der Waals surface area contributed by atoms with E-state index in [2.05, 4.69) is 50.4 Å². The van der Waals surface area contributed by atoms with Crippen LogP contribution in [0.15, 0.2) is 108 Å². The van der Waals surface area contributed by atoms with Gasteiger partial charge in [-0.15, -0.1) is 0 Å². The van der Waals surface area contributed by atoms with Crippen LogP contribution in [-0.2, 0) is 21.3 Å². The Labute approximate surface area is 294 Å². The number of carbonyl (C=O) groups excluding carboxylic acids is 2. The van der Waals surface area contributed by atoms with Crippen molar-refractivity contribution >= 4 is 44.5 Å². The molecule has 50 heavy (non-hydrogen) atoms. The highest BCUT2D eigenvalue weighted by molar-refractivity contribution is 7.85. The van der Waals surface area contributed by atoms with Crippen LogP contribution in [0.25, 0.3) is 28.4 Å². The average molecular weight is 690 g/mol. The first-order valence-corrected chi connectivity index (χ1v) is 18.7. The van der Waals surface area contributed by atoms with Crippen LogP contribution in [0, 0.1) is 5.41 Å². The first-order valence-electron chi connectivity index (χ1n) is 17.1. The normalized spacial score (nSPS) is 15.6. The smallest absolute Gasteiger partial charge is 0.264 e. The van der Waals surface area contributed by atoms with Gasteiger partial charge in [0.15, 0.2) is 5.78 Å². The van der Waals surface area contributed by atoms with Crippen LogP contribution in [0.5, 0.6) is 0 Å². The highest BCUT2D eigenvalue weighted by atomic mass is 32.2. The molecular formula is C42H43NO6S. The Kier molecular flexibility index (Phi) is 10.2. The van der Waals surface area contributed by atoms with E-state index in [0.717, 1.165) is 63.8 Å². The molecule has 6 rings (SSSR count). The second kappa shape index (κ2) is 14.6. The maximum absolute atomic E-state index is 14.3. The molecule has 0 radical (unpaired) electrons. The van der Waals surface area contributed by atoms with Crippen molar-refractivity contribution in [3.05, 3.63) is 131 Å². The number of fused-ring (bicyclic) bond motifs is 2.